The first kappa shape index (κ1) is 27.1. The summed E-state index contributed by atoms with van der Waals surface area (Å²) in [5, 5.41) is 0. The fraction of sp³-hybridized carbons (Fsp3) is 0.833. The van der Waals surface area contributed by atoms with Crippen LogP contribution >= 0.6 is 0 Å². The van der Waals surface area contributed by atoms with Gasteiger partial charge in [-0.25, -0.2) is 4.79 Å². The molecule has 0 unspecified atom stereocenters. The zero-order valence-corrected chi connectivity index (χ0v) is 19.4. The Balaban J connectivity index is 6.45. The highest BCUT2D eigenvalue weighted by molar-refractivity contribution is 6.63. The fourth-order valence-corrected chi connectivity index (χ4v) is 5.31. The highest BCUT2D eigenvalue weighted by Crippen LogP contribution is 2.39. The molecular weight excluding hydrogens is 388 g/mol. The first-order valence-electron chi connectivity index (χ1n) is 9.31. The maximum atomic E-state index is 12.3. The van der Waals surface area contributed by atoms with Gasteiger partial charge in [-0.15, -0.1) is 0 Å². The monoisotopic (exact) mass is 424 g/mol. The van der Waals surface area contributed by atoms with E-state index in [1.165, 1.54) is 28.3 Å². The number of esters is 1. The highest BCUT2D eigenvalue weighted by Gasteiger charge is 2.67. The molecule has 0 rings (SSSR count). The number of carbonyl (C=O) groups is 1. The van der Waals surface area contributed by atoms with E-state index in [9.17, 15) is 4.79 Å². The lowest BCUT2D eigenvalue weighted by Gasteiger charge is -2.45. The van der Waals surface area contributed by atoms with Gasteiger partial charge in [-0.1, -0.05) is 6.58 Å². The minimum atomic E-state index is -3.60. The topological polar surface area (TPSA) is 90.9 Å². The van der Waals surface area contributed by atoms with Gasteiger partial charge in [0.2, 0.25) is 5.41 Å². The molecule has 0 amide bonds. The number of hydrogen-bond donors (Lipinski definition) is 0. The van der Waals surface area contributed by atoms with Crippen LogP contribution in [-0.4, -0.2) is 73.9 Å². The molecule has 10 heteroatoms. The zero-order chi connectivity index (χ0) is 21.8. The molecule has 0 aliphatic heterocycles. The van der Waals surface area contributed by atoms with Gasteiger partial charge in [0.1, 0.15) is 6.42 Å². The molecule has 0 radical (unpaired) electrons. The Hall–Kier alpha value is -0.853. The van der Waals surface area contributed by atoms with E-state index in [4.69, 9.17) is 37.0 Å². The van der Waals surface area contributed by atoms with E-state index in [-0.39, 0.29) is 38.4 Å². The van der Waals surface area contributed by atoms with E-state index in [1.54, 1.807) is 27.7 Å². The van der Waals surface area contributed by atoms with Gasteiger partial charge < -0.3 is 37.0 Å². The van der Waals surface area contributed by atoms with Crippen LogP contribution in [0, 0.1) is 0 Å². The molecule has 0 N–H and O–H groups in total. The Labute approximate surface area is 169 Å². The van der Waals surface area contributed by atoms with Crippen LogP contribution in [0.25, 0.3) is 0 Å². The summed E-state index contributed by atoms with van der Waals surface area (Å²) in [6, 6.07) is 0. The molecule has 0 heterocycles. The summed E-state index contributed by atoms with van der Waals surface area (Å²) in [5.41, 5.74) is -1.37. The summed E-state index contributed by atoms with van der Waals surface area (Å²) >= 11 is 0. The lowest BCUT2D eigenvalue weighted by molar-refractivity contribution is -0.390. The standard InChI is InChI=1S/C18H36O9Si/c1-10-23-17(24-11-2,27-16(19)15(5)6)14-18(25-12-3,26-13-4)28(20-7,21-8)22-9/h5,10-14H2,1-4,6-9H3. The largest absolute Gasteiger partial charge is 0.563 e. The average molecular weight is 425 g/mol. The third-order valence-corrected chi connectivity index (χ3v) is 6.81. The molecular formula is C18H36O9Si. The second kappa shape index (κ2) is 12.7. The second-order valence-corrected chi connectivity index (χ2v) is 8.78. The Morgan fingerprint density at radius 2 is 1.21 bits per heavy atom. The Kier molecular flexibility index (Phi) is 12.3. The summed E-state index contributed by atoms with van der Waals surface area (Å²) in [4.78, 5) is 12.3. The van der Waals surface area contributed by atoms with Crippen molar-refractivity contribution in [2.24, 2.45) is 0 Å². The van der Waals surface area contributed by atoms with E-state index >= 15 is 0 Å². The molecule has 0 saturated carbocycles. The molecule has 28 heavy (non-hydrogen) atoms. The van der Waals surface area contributed by atoms with Crippen LogP contribution < -0.4 is 0 Å². The smallest absolute Gasteiger partial charge is 0.404 e. The van der Waals surface area contributed by atoms with Gasteiger partial charge in [0.25, 0.3) is 0 Å². The van der Waals surface area contributed by atoms with E-state index in [0.717, 1.165) is 0 Å². The third kappa shape index (κ3) is 6.33. The fourth-order valence-electron chi connectivity index (χ4n) is 2.80. The van der Waals surface area contributed by atoms with Crippen molar-refractivity contribution in [3.05, 3.63) is 12.2 Å². The van der Waals surface area contributed by atoms with Crippen molar-refractivity contribution in [3.63, 3.8) is 0 Å². The lowest BCUT2D eigenvalue weighted by Crippen LogP contribution is -2.69. The summed E-state index contributed by atoms with van der Waals surface area (Å²) in [5.74, 6) is -2.50. The summed E-state index contributed by atoms with van der Waals surface area (Å²) in [6.07, 6.45) is -0.204. The molecule has 0 bridgehead atoms. The van der Waals surface area contributed by atoms with Crippen molar-refractivity contribution in [2.75, 3.05) is 47.8 Å². The second-order valence-electron chi connectivity index (χ2n) is 5.68. The predicted octanol–water partition coefficient (Wildman–Crippen LogP) is 2.41. The number of carbonyl (C=O) groups excluding carboxylic acids is 1. The molecule has 0 atom stereocenters. The molecule has 166 valence electrons. The summed E-state index contributed by atoms with van der Waals surface area (Å²) in [6.45, 7) is 13.1. The number of ether oxygens (including phenoxy) is 5. The van der Waals surface area contributed by atoms with Gasteiger partial charge in [-0.2, -0.15) is 0 Å². The van der Waals surface area contributed by atoms with Crippen LogP contribution in [0.5, 0.6) is 0 Å². The van der Waals surface area contributed by atoms with Crippen molar-refractivity contribution in [2.45, 2.75) is 52.4 Å². The first-order valence-corrected chi connectivity index (χ1v) is 11.0. The predicted molar refractivity (Wildman–Crippen MR) is 104 cm³/mol. The van der Waals surface area contributed by atoms with Crippen LogP contribution in [0.4, 0.5) is 0 Å². The Morgan fingerprint density at radius 3 is 1.50 bits per heavy atom. The zero-order valence-electron chi connectivity index (χ0n) is 18.4. The summed E-state index contributed by atoms with van der Waals surface area (Å²) in [7, 11) is 0.715. The molecule has 0 spiro atoms. The first-order chi connectivity index (χ1) is 13.2. The van der Waals surface area contributed by atoms with Crippen LogP contribution in [0.3, 0.4) is 0 Å². The molecule has 0 fully saturated rings. The van der Waals surface area contributed by atoms with Gasteiger partial charge >= 0.3 is 20.7 Å². The van der Waals surface area contributed by atoms with Crippen molar-refractivity contribution < 1.29 is 41.8 Å². The molecule has 0 aromatic heterocycles. The van der Waals surface area contributed by atoms with Crippen molar-refractivity contribution in [3.8, 4) is 0 Å². The maximum absolute atomic E-state index is 12.3. The lowest BCUT2D eigenvalue weighted by atomic mass is 10.3. The summed E-state index contributed by atoms with van der Waals surface area (Å²) < 4.78 is 46.0. The van der Waals surface area contributed by atoms with Gasteiger partial charge in [0.15, 0.2) is 0 Å². The SMILES string of the molecule is C=C(C)C(=O)OC(CC(OCC)(OCC)[Si](OC)(OC)OC)(OCC)OCC. The highest BCUT2D eigenvalue weighted by atomic mass is 28.4. The van der Waals surface area contributed by atoms with Gasteiger partial charge in [0, 0.05) is 40.1 Å². The quantitative estimate of drug-likeness (QED) is 0.160. The molecule has 0 aliphatic rings. The van der Waals surface area contributed by atoms with Gasteiger partial charge in [0.05, 0.1) is 13.2 Å². The van der Waals surface area contributed by atoms with Crippen molar-refractivity contribution >= 4 is 14.8 Å². The van der Waals surface area contributed by atoms with E-state index in [1.807, 2.05) is 0 Å². The number of rotatable bonds is 16. The third-order valence-electron chi connectivity index (χ3n) is 3.80. The minimum Gasteiger partial charge on any atom is -0.404 e. The molecule has 9 nitrogen and oxygen atoms in total. The average Bonchev–Trinajstić information content (AvgIpc) is 2.64. The van der Waals surface area contributed by atoms with Crippen molar-refractivity contribution in [1.82, 2.24) is 0 Å². The Bertz CT molecular complexity index is 459. The maximum Gasteiger partial charge on any atom is 0.563 e. The van der Waals surface area contributed by atoms with Gasteiger partial charge in [-0.05, 0) is 34.6 Å². The molecule has 0 saturated heterocycles. The normalized spacial score (nSPS) is 12.9. The van der Waals surface area contributed by atoms with E-state index in [2.05, 4.69) is 6.58 Å². The van der Waals surface area contributed by atoms with Crippen LogP contribution in [0.2, 0.25) is 0 Å². The molecule has 0 aromatic carbocycles. The number of hydrogen-bond acceptors (Lipinski definition) is 9. The molecule has 0 aliphatic carbocycles. The van der Waals surface area contributed by atoms with Crippen LogP contribution in [0.1, 0.15) is 41.0 Å². The van der Waals surface area contributed by atoms with E-state index in [0.29, 0.717) is 0 Å². The van der Waals surface area contributed by atoms with Crippen LogP contribution in [-0.2, 0) is 41.8 Å². The Morgan fingerprint density at radius 1 is 0.821 bits per heavy atom. The molecule has 0 aromatic rings. The minimum absolute atomic E-state index is 0.191. The van der Waals surface area contributed by atoms with Crippen LogP contribution in [0.15, 0.2) is 12.2 Å². The van der Waals surface area contributed by atoms with Crippen molar-refractivity contribution in [1.29, 1.82) is 0 Å². The van der Waals surface area contributed by atoms with Gasteiger partial charge in [-0.3, -0.25) is 0 Å². The van der Waals surface area contributed by atoms with E-state index < -0.39 is 26.2 Å².